The standard InChI is InChI=1S/C25H31B/c1-5-21-8-10-22(11-9-21)7-6-20(4)23-12-14-25(15-13-23)26-17-16-24(18-26)19(2)3/h5,8-15,19,24H,1,4,6-7,16-18H2,2-3H3. The number of allylic oxidation sites excluding steroid dienone is 1. The maximum atomic E-state index is 4.32. The van der Waals surface area contributed by atoms with Gasteiger partial charge in [0.15, 0.2) is 6.71 Å². The van der Waals surface area contributed by atoms with Crippen LogP contribution in [0, 0.1) is 11.8 Å². The van der Waals surface area contributed by atoms with E-state index >= 15 is 0 Å². The Hall–Kier alpha value is -2.02. The highest BCUT2D eigenvalue weighted by molar-refractivity contribution is 6.73. The molecule has 2 aromatic rings. The van der Waals surface area contributed by atoms with Gasteiger partial charge in [-0.3, -0.25) is 0 Å². The van der Waals surface area contributed by atoms with Crippen LogP contribution in [0.2, 0.25) is 12.6 Å². The van der Waals surface area contributed by atoms with Crippen molar-refractivity contribution in [3.63, 3.8) is 0 Å². The second-order valence-corrected chi connectivity index (χ2v) is 8.19. The number of rotatable bonds is 7. The zero-order valence-electron chi connectivity index (χ0n) is 16.4. The third kappa shape index (κ3) is 4.58. The number of benzene rings is 2. The first-order valence-electron chi connectivity index (χ1n) is 10.1. The van der Waals surface area contributed by atoms with E-state index in [9.17, 15) is 0 Å². The lowest BCUT2D eigenvalue weighted by Crippen LogP contribution is -2.27. The Kier molecular flexibility index (Phi) is 6.19. The normalized spacial score (nSPS) is 16.9. The van der Waals surface area contributed by atoms with Crippen molar-refractivity contribution in [2.24, 2.45) is 11.8 Å². The summed E-state index contributed by atoms with van der Waals surface area (Å²) in [5.74, 6) is 1.72. The second-order valence-electron chi connectivity index (χ2n) is 8.19. The fraction of sp³-hybridized carbons (Fsp3) is 0.360. The van der Waals surface area contributed by atoms with Gasteiger partial charge in [0.2, 0.25) is 0 Å². The third-order valence-corrected chi connectivity index (χ3v) is 6.14. The van der Waals surface area contributed by atoms with Crippen LogP contribution in [-0.4, -0.2) is 6.71 Å². The molecule has 2 aromatic carbocycles. The van der Waals surface area contributed by atoms with Crippen LogP contribution in [0.5, 0.6) is 0 Å². The SMILES string of the molecule is C=Cc1ccc(CCC(=C)c2ccc(B3CCC(C(C)C)C3)cc2)cc1. The molecular formula is C25H31B. The van der Waals surface area contributed by atoms with Crippen LogP contribution < -0.4 is 5.46 Å². The number of hydrogen-bond acceptors (Lipinski definition) is 0. The van der Waals surface area contributed by atoms with Crippen molar-refractivity contribution in [2.45, 2.75) is 45.8 Å². The first-order valence-corrected chi connectivity index (χ1v) is 10.1. The van der Waals surface area contributed by atoms with Crippen molar-refractivity contribution in [1.82, 2.24) is 0 Å². The van der Waals surface area contributed by atoms with Crippen molar-refractivity contribution in [2.75, 3.05) is 0 Å². The molecule has 1 unspecified atom stereocenters. The van der Waals surface area contributed by atoms with Crippen molar-refractivity contribution >= 4 is 23.8 Å². The highest BCUT2D eigenvalue weighted by Gasteiger charge is 2.30. The maximum absolute atomic E-state index is 4.32. The van der Waals surface area contributed by atoms with Gasteiger partial charge in [0.1, 0.15) is 0 Å². The van der Waals surface area contributed by atoms with Gasteiger partial charge in [-0.25, -0.2) is 0 Å². The molecule has 0 amide bonds. The fourth-order valence-electron chi connectivity index (χ4n) is 4.18. The zero-order chi connectivity index (χ0) is 18.5. The zero-order valence-corrected chi connectivity index (χ0v) is 16.4. The minimum Gasteiger partial charge on any atom is -0.0985 e. The molecule has 1 aliphatic heterocycles. The molecule has 0 radical (unpaired) electrons. The molecular weight excluding hydrogens is 311 g/mol. The molecule has 1 aliphatic rings. The molecule has 0 bridgehead atoms. The first kappa shape index (κ1) is 18.8. The predicted molar refractivity (Wildman–Crippen MR) is 118 cm³/mol. The molecule has 0 aliphatic carbocycles. The van der Waals surface area contributed by atoms with Gasteiger partial charge in [0, 0.05) is 0 Å². The van der Waals surface area contributed by atoms with Gasteiger partial charge in [0.05, 0.1) is 0 Å². The second kappa shape index (κ2) is 8.58. The molecule has 0 aromatic heterocycles. The Morgan fingerprint density at radius 2 is 1.81 bits per heavy atom. The van der Waals surface area contributed by atoms with E-state index in [1.165, 1.54) is 46.8 Å². The van der Waals surface area contributed by atoms with Gasteiger partial charge in [0.25, 0.3) is 0 Å². The average Bonchev–Trinajstić information content (AvgIpc) is 3.17. The van der Waals surface area contributed by atoms with Crippen molar-refractivity contribution in [3.8, 4) is 0 Å². The van der Waals surface area contributed by atoms with Crippen LogP contribution in [0.4, 0.5) is 0 Å². The van der Waals surface area contributed by atoms with Crippen molar-refractivity contribution in [3.05, 3.63) is 78.4 Å². The summed E-state index contributed by atoms with van der Waals surface area (Å²) < 4.78 is 0. The van der Waals surface area contributed by atoms with Gasteiger partial charge >= 0.3 is 0 Å². The summed E-state index contributed by atoms with van der Waals surface area (Å²) in [6.45, 7) is 13.6. The molecule has 0 nitrogen and oxygen atoms in total. The minimum atomic E-state index is 0.757. The fourth-order valence-corrected chi connectivity index (χ4v) is 4.18. The van der Waals surface area contributed by atoms with E-state index in [1.54, 1.807) is 0 Å². The molecule has 1 heterocycles. The minimum absolute atomic E-state index is 0.757. The summed E-state index contributed by atoms with van der Waals surface area (Å²) in [4.78, 5) is 0. The summed E-state index contributed by atoms with van der Waals surface area (Å²) in [7, 11) is 0. The van der Waals surface area contributed by atoms with Crippen LogP contribution in [-0.2, 0) is 6.42 Å². The molecule has 134 valence electrons. The van der Waals surface area contributed by atoms with Crippen molar-refractivity contribution in [1.29, 1.82) is 0 Å². The summed E-state index contributed by atoms with van der Waals surface area (Å²) in [5.41, 5.74) is 6.57. The van der Waals surface area contributed by atoms with Gasteiger partial charge in [-0.1, -0.05) is 106 Å². The first-order chi connectivity index (χ1) is 12.6. The lowest BCUT2D eigenvalue weighted by atomic mass is 9.43. The lowest BCUT2D eigenvalue weighted by molar-refractivity contribution is 0.424. The van der Waals surface area contributed by atoms with Crippen molar-refractivity contribution < 1.29 is 0 Å². The molecule has 26 heavy (non-hydrogen) atoms. The lowest BCUT2D eigenvalue weighted by Gasteiger charge is -2.14. The van der Waals surface area contributed by atoms with E-state index in [0.717, 1.165) is 31.4 Å². The predicted octanol–water partition coefficient (Wildman–Crippen LogP) is 6.35. The molecule has 1 heteroatoms. The molecule has 1 saturated heterocycles. The van der Waals surface area contributed by atoms with Crippen LogP contribution in [0.25, 0.3) is 11.6 Å². The van der Waals surface area contributed by atoms with E-state index in [1.807, 2.05) is 6.08 Å². The van der Waals surface area contributed by atoms with Gasteiger partial charge in [-0.15, -0.1) is 0 Å². The molecule has 0 spiro atoms. The quantitative estimate of drug-likeness (QED) is 0.514. The van der Waals surface area contributed by atoms with E-state index in [0.29, 0.717) is 0 Å². The van der Waals surface area contributed by atoms with Crippen LogP contribution in [0.3, 0.4) is 0 Å². The van der Waals surface area contributed by atoms with Gasteiger partial charge in [-0.2, -0.15) is 0 Å². The largest absolute Gasteiger partial charge is 0.176 e. The average molecular weight is 342 g/mol. The Morgan fingerprint density at radius 3 is 2.38 bits per heavy atom. The Balaban J connectivity index is 1.56. The van der Waals surface area contributed by atoms with Crippen LogP contribution in [0.1, 0.15) is 43.4 Å². The highest BCUT2D eigenvalue weighted by atomic mass is 14.2. The number of hydrogen-bond donors (Lipinski definition) is 0. The van der Waals surface area contributed by atoms with Crippen LogP contribution in [0.15, 0.2) is 61.7 Å². The molecule has 1 fully saturated rings. The summed E-state index contributed by atoms with van der Waals surface area (Å²) >= 11 is 0. The maximum Gasteiger partial charge on any atom is 0.176 e. The number of aryl methyl sites for hydroxylation is 1. The topological polar surface area (TPSA) is 0 Å². The van der Waals surface area contributed by atoms with E-state index < -0.39 is 0 Å². The smallest absolute Gasteiger partial charge is 0.0985 e. The molecule has 3 rings (SSSR count). The highest BCUT2D eigenvalue weighted by Crippen LogP contribution is 2.32. The molecule has 0 saturated carbocycles. The van der Waals surface area contributed by atoms with E-state index in [4.69, 9.17) is 0 Å². The van der Waals surface area contributed by atoms with Crippen LogP contribution >= 0.6 is 0 Å². The monoisotopic (exact) mass is 342 g/mol. The van der Waals surface area contributed by atoms with Gasteiger partial charge in [-0.05, 0) is 46.9 Å². The summed E-state index contributed by atoms with van der Waals surface area (Å²) in [5, 5.41) is 0. The Labute approximate surface area is 160 Å². The van der Waals surface area contributed by atoms with Gasteiger partial charge < -0.3 is 0 Å². The van der Waals surface area contributed by atoms with E-state index in [2.05, 4.69) is 75.5 Å². The van der Waals surface area contributed by atoms with E-state index in [-0.39, 0.29) is 0 Å². The third-order valence-electron chi connectivity index (χ3n) is 6.14. The molecule has 0 N–H and O–H groups in total. The Bertz CT molecular complexity index is 737. The Morgan fingerprint density at radius 1 is 1.12 bits per heavy atom. The summed E-state index contributed by atoms with van der Waals surface area (Å²) in [6.07, 6.45) is 8.03. The summed E-state index contributed by atoms with van der Waals surface area (Å²) in [6, 6.07) is 17.9. The molecule has 1 atom stereocenters.